The van der Waals surface area contributed by atoms with Crippen molar-refractivity contribution in [2.75, 3.05) is 19.7 Å². The third-order valence-corrected chi connectivity index (χ3v) is 7.31. The summed E-state index contributed by atoms with van der Waals surface area (Å²) in [6, 6.07) is 8.71. The Labute approximate surface area is 197 Å². The molecule has 1 aliphatic carbocycles. The van der Waals surface area contributed by atoms with Crippen LogP contribution in [0, 0.1) is 10.7 Å². The summed E-state index contributed by atoms with van der Waals surface area (Å²) >= 11 is 9.48. The van der Waals surface area contributed by atoms with E-state index in [-0.39, 0.29) is 11.9 Å². The predicted molar refractivity (Wildman–Crippen MR) is 127 cm³/mol. The second-order valence-electron chi connectivity index (χ2n) is 8.58. The molecule has 2 aromatic rings. The first-order valence-corrected chi connectivity index (χ1v) is 12.6. The standard InChI is InChI=1S/C23H31BrN4O2S/c1-2-30-22(29)18-7-6-14-26(15-18)16-27-23(31)28(20-8-4-3-5-9-20)21(25-27)17-10-12-19(24)13-11-17/h10-13,18,20H,2-9,14-16H2,1H3/t18-/m0/s1. The molecule has 1 aromatic heterocycles. The molecule has 4 rings (SSSR count). The fourth-order valence-electron chi connectivity index (χ4n) is 4.80. The number of esters is 1. The van der Waals surface area contributed by atoms with E-state index in [9.17, 15) is 4.79 Å². The maximum absolute atomic E-state index is 12.2. The van der Waals surface area contributed by atoms with Gasteiger partial charge >= 0.3 is 5.97 Å². The van der Waals surface area contributed by atoms with Crippen LogP contribution in [0.2, 0.25) is 0 Å². The summed E-state index contributed by atoms with van der Waals surface area (Å²) in [5.41, 5.74) is 1.08. The second kappa shape index (κ2) is 10.4. The highest BCUT2D eigenvalue weighted by Gasteiger charge is 2.28. The molecule has 168 valence electrons. The van der Waals surface area contributed by atoms with E-state index in [2.05, 4.69) is 49.7 Å². The molecule has 2 aliphatic rings. The van der Waals surface area contributed by atoms with Gasteiger partial charge in [-0.2, -0.15) is 5.10 Å². The first-order chi connectivity index (χ1) is 15.1. The molecule has 2 heterocycles. The maximum atomic E-state index is 12.2. The summed E-state index contributed by atoms with van der Waals surface area (Å²) in [7, 11) is 0. The van der Waals surface area contributed by atoms with Crippen molar-refractivity contribution in [3.05, 3.63) is 33.5 Å². The molecule has 0 radical (unpaired) electrons. The topological polar surface area (TPSA) is 52.3 Å². The van der Waals surface area contributed by atoms with Gasteiger partial charge in [0.05, 0.1) is 19.2 Å². The molecule has 0 bridgehead atoms. The van der Waals surface area contributed by atoms with Crippen molar-refractivity contribution in [1.82, 2.24) is 19.2 Å². The number of piperidine rings is 1. The van der Waals surface area contributed by atoms with Crippen molar-refractivity contribution in [2.45, 2.75) is 64.6 Å². The average Bonchev–Trinajstić information content (AvgIpc) is 3.11. The summed E-state index contributed by atoms with van der Waals surface area (Å²) in [5, 5.41) is 4.99. The van der Waals surface area contributed by atoms with Crippen molar-refractivity contribution in [3.63, 3.8) is 0 Å². The van der Waals surface area contributed by atoms with Crippen LogP contribution >= 0.6 is 28.1 Å². The molecule has 1 aliphatic heterocycles. The van der Waals surface area contributed by atoms with Crippen molar-refractivity contribution in [3.8, 4) is 11.4 Å². The quantitative estimate of drug-likeness (QED) is 0.378. The number of nitrogens with zero attached hydrogens (tertiary/aromatic N) is 4. The van der Waals surface area contributed by atoms with Gasteiger partial charge in [-0.15, -0.1) is 0 Å². The number of aromatic nitrogens is 3. The van der Waals surface area contributed by atoms with Crippen LogP contribution < -0.4 is 0 Å². The van der Waals surface area contributed by atoms with E-state index in [1.807, 2.05) is 11.6 Å². The normalized spacial score (nSPS) is 20.6. The summed E-state index contributed by atoms with van der Waals surface area (Å²) in [5.74, 6) is 0.802. The Hall–Kier alpha value is -1.51. The number of ether oxygens (including phenoxy) is 1. The van der Waals surface area contributed by atoms with E-state index in [0.29, 0.717) is 25.9 Å². The van der Waals surface area contributed by atoms with Gasteiger partial charge in [0.2, 0.25) is 0 Å². The molecule has 1 atom stereocenters. The lowest BCUT2D eigenvalue weighted by molar-refractivity contribution is -0.150. The maximum Gasteiger partial charge on any atom is 0.310 e. The number of hydrogen-bond acceptors (Lipinski definition) is 5. The van der Waals surface area contributed by atoms with Crippen molar-refractivity contribution < 1.29 is 9.53 Å². The summed E-state index contributed by atoms with van der Waals surface area (Å²) in [4.78, 5) is 14.5. The zero-order valence-corrected chi connectivity index (χ0v) is 20.5. The third-order valence-electron chi connectivity index (χ3n) is 6.37. The Morgan fingerprint density at radius 2 is 1.90 bits per heavy atom. The van der Waals surface area contributed by atoms with Gasteiger partial charge in [-0.3, -0.25) is 14.3 Å². The van der Waals surface area contributed by atoms with Crippen molar-refractivity contribution in [1.29, 1.82) is 0 Å². The molecule has 1 aromatic carbocycles. The Bertz CT molecular complexity index is 949. The molecule has 2 fully saturated rings. The molecule has 6 nitrogen and oxygen atoms in total. The minimum atomic E-state index is -0.0842. The van der Waals surface area contributed by atoms with Crippen molar-refractivity contribution in [2.24, 2.45) is 5.92 Å². The van der Waals surface area contributed by atoms with Gasteiger partial charge in [0.25, 0.3) is 0 Å². The van der Waals surface area contributed by atoms with Gasteiger partial charge in [-0.25, -0.2) is 4.68 Å². The van der Waals surface area contributed by atoms with Crippen LogP contribution in [0.5, 0.6) is 0 Å². The number of carbonyl (C=O) groups is 1. The van der Waals surface area contributed by atoms with Crippen LogP contribution in [0.1, 0.15) is 57.9 Å². The molecule has 8 heteroatoms. The lowest BCUT2D eigenvalue weighted by Crippen LogP contribution is -2.40. The van der Waals surface area contributed by atoms with E-state index in [1.54, 1.807) is 0 Å². The van der Waals surface area contributed by atoms with Gasteiger partial charge in [0, 0.05) is 22.6 Å². The lowest BCUT2D eigenvalue weighted by Gasteiger charge is -2.31. The Morgan fingerprint density at radius 3 is 2.61 bits per heavy atom. The zero-order valence-electron chi connectivity index (χ0n) is 18.1. The van der Waals surface area contributed by atoms with Crippen LogP contribution in [0.3, 0.4) is 0 Å². The number of carbonyl (C=O) groups excluding carboxylic acids is 1. The molecule has 0 amide bonds. The SMILES string of the molecule is CCOC(=O)[C@H]1CCCN(Cn2nc(-c3ccc(Br)cc3)n(C3CCCCC3)c2=S)C1. The summed E-state index contributed by atoms with van der Waals surface area (Å²) in [6.07, 6.45) is 7.96. The van der Waals surface area contributed by atoms with E-state index >= 15 is 0 Å². The minimum absolute atomic E-state index is 0.0609. The van der Waals surface area contributed by atoms with Crippen LogP contribution in [0.25, 0.3) is 11.4 Å². The largest absolute Gasteiger partial charge is 0.466 e. The van der Waals surface area contributed by atoms with Crippen LogP contribution in [0.15, 0.2) is 28.7 Å². The highest BCUT2D eigenvalue weighted by Crippen LogP contribution is 2.33. The highest BCUT2D eigenvalue weighted by atomic mass is 79.9. The molecule has 1 saturated carbocycles. The molecule has 31 heavy (non-hydrogen) atoms. The van der Waals surface area contributed by atoms with Crippen LogP contribution in [-0.4, -0.2) is 44.9 Å². The van der Waals surface area contributed by atoms with Gasteiger partial charge in [0.1, 0.15) is 0 Å². The summed E-state index contributed by atoms with van der Waals surface area (Å²) in [6.45, 7) is 4.55. The monoisotopic (exact) mass is 506 g/mol. The van der Waals surface area contributed by atoms with Gasteiger partial charge in [0.15, 0.2) is 10.6 Å². The number of likely N-dealkylation sites (tertiary alicyclic amines) is 1. The predicted octanol–water partition coefficient (Wildman–Crippen LogP) is 5.58. The van der Waals surface area contributed by atoms with Crippen LogP contribution in [0.4, 0.5) is 0 Å². The zero-order chi connectivity index (χ0) is 21.8. The Kier molecular flexibility index (Phi) is 7.61. The van der Waals surface area contributed by atoms with E-state index < -0.39 is 0 Å². The summed E-state index contributed by atoms with van der Waals surface area (Å²) < 4.78 is 11.3. The smallest absolute Gasteiger partial charge is 0.310 e. The second-order valence-corrected chi connectivity index (χ2v) is 9.86. The molecule has 0 spiro atoms. The third kappa shape index (κ3) is 5.29. The van der Waals surface area contributed by atoms with Gasteiger partial charge in [-0.05, 0) is 63.5 Å². The van der Waals surface area contributed by atoms with Gasteiger partial charge < -0.3 is 4.74 Å². The molecule has 0 N–H and O–H groups in total. The van der Waals surface area contributed by atoms with Crippen molar-refractivity contribution >= 4 is 34.1 Å². The first kappa shape index (κ1) is 22.7. The van der Waals surface area contributed by atoms with E-state index in [1.165, 1.54) is 19.3 Å². The fraction of sp³-hybridized carbons (Fsp3) is 0.609. The molecule has 0 unspecified atom stereocenters. The Morgan fingerprint density at radius 1 is 1.16 bits per heavy atom. The van der Waals surface area contributed by atoms with E-state index in [0.717, 1.165) is 52.9 Å². The highest BCUT2D eigenvalue weighted by molar-refractivity contribution is 9.10. The number of hydrogen-bond donors (Lipinski definition) is 0. The average molecular weight is 507 g/mol. The number of halogens is 1. The van der Waals surface area contributed by atoms with E-state index in [4.69, 9.17) is 22.1 Å². The number of rotatable bonds is 6. The fourth-order valence-corrected chi connectivity index (χ4v) is 5.40. The van der Waals surface area contributed by atoms with Gasteiger partial charge in [-0.1, -0.05) is 47.3 Å². The van der Waals surface area contributed by atoms with Crippen LogP contribution in [-0.2, 0) is 16.2 Å². The number of benzene rings is 1. The Balaban J connectivity index is 1.61. The lowest BCUT2D eigenvalue weighted by atomic mass is 9.95. The molecular weight excluding hydrogens is 476 g/mol. The first-order valence-electron chi connectivity index (χ1n) is 11.4. The molecular formula is C23H31BrN4O2S. The molecule has 1 saturated heterocycles. The minimum Gasteiger partial charge on any atom is -0.466 e.